The van der Waals surface area contributed by atoms with Crippen LogP contribution in [0.1, 0.15) is 6.92 Å². The normalized spacial score (nSPS) is 17.5. The number of quaternary nitrogens is 1. The molecule has 1 unspecified atom stereocenters. The maximum absolute atomic E-state index is 12.6. The molecule has 8 nitrogen and oxygen atoms in total. The predicted octanol–water partition coefficient (Wildman–Crippen LogP) is -0.344. The molecule has 1 fully saturated rings. The van der Waals surface area contributed by atoms with E-state index in [4.69, 9.17) is 9.47 Å². The van der Waals surface area contributed by atoms with E-state index in [1.165, 1.54) is 18.9 Å². The van der Waals surface area contributed by atoms with Crippen molar-refractivity contribution in [1.29, 1.82) is 0 Å². The average molecular weight is 411 g/mol. The quantitative estimate of drug-likeness (QED) is 0.570. The minimum atomic E-state index is -0.342. The number of benzene rings is 1. The van der Waals surface area contributed by atoms with Crippen LogP contribution in [0.5, 0.6) is 5.75 Å². The number of carbonyl (C=O) groups is 3. The van der Waals surface area contributed by atoms with Crippen molar-refractivity contribution >= 4 is 35.2 Å². The number of thioether (sulfide) groups is 1. The van der Waals surface area contributed by atoms with Crippen LogP contribution in [0.3, 0.4) is 0 Å². The number of nitrogens with one attached hydrogen (secondary N) is 2. The number of hydrogen-bond acceptors (Lipinski definition) is 6. The van der Waals surface area contributed by atoms with Crippen LogP contribution in [0.25, 0.3) is 0 Å². The molecule has 0 bridgehead atoms. The Labute approximate surface area is 169 Å². The maximum atomic E-state index is 12.6. The van der Waals surface area contributed by atoms with Gasteiger partial charge in [-0.15, -0.1) is 11.8 Å². The fourth-order valence-electron chi connectivity index (χ4n) is 2.89. The zero-order valence-electron chi connectivity index (χ0n) is 16.5. The number of carbonyl (C=O) groups excluding carboxylic acids is 3. The van der Waals surface area contributed by atoms with Crippen molar-refractivity contribution in [2.24, 2.45) is 0 Å². The number of anilines is 1. The summed E-state index contributed by atoms with van der Waals surface area (Å²) in [5.41, 5.74) is 0.682. The number of amides is 2. The average Bonchev–Trinajstić information content (AvgIpc) is 2.73. The van der Waals surface area contributed by atoms with E-state index in [1.54, 1.807) is 36.3 Å². The van der Waals surface area contributed by atoms with Crippen LogP contribution in [0.2, 0.25) is 0 Å². The number of likely N-dealkylation sites (N-methyl/N-ethyl adjacent to an activating group) is 1. The predicted molar refractivity (Wildman–Crippen MR) is 108 cm³/mol. The highest BCUT2D eigenvalue weighted by atomic mass is 32.2. The molecule has 1 heterocycles. The highest BCUT2D eigenvalue weighted by Gasteiger charge is 2.31. The molecule has 154 valence electrons. The van der Waals surface area contributed by atoms with Crippen LogP contribution < -0.4 is 15.0 Å². The van der Waals surface area contributed by atoms with Crippen molar-refractivity contribution in [3.05, 3.63) is 24.3 Å². The van der Waals surface area contributed by atoms with Crippen molar-refractivity contribution in [3.63, 3.8) is 0 Å². The lowest BCUT2D eigenvalue weighted by molar-refractivity contribution is -0.882. The minimum absolute atomic E-state index is 0.0525. The first-order chi connectivity index (χ1) is 13.5. The fourth-order valence-corrected chi connectivity index (χ4v) is 4.02. The monoisotopic (exact) mass is 410 g/mol. The molecular weight excluding hydrogens is 382 g/mol. The van der Waals surface area contributed by atoms with Crippen LogP contribution in [0, 0.1) is 0 Å². The van der Waals surface area contributed by atoms with Crippen LogP contribution in [-0.2, 0) is 19.1 Å². The molecular formula is C19H28N3O5S+. The summed E-state index contributed by atoms with van der Waals surface area (Å²) in [6, 6.07) is 7.09. The number of esters is 1. The summed E-state index contributed by atoms with van der Waals surface area (Å²) in [7, 11) is 2.94. The Hall–Kier alpha value is -2.26. The van der Waals surface area contributed by atoms with Crippen LogP contribution in [-0.4, -0.2) is 80.6 Å². The second-order valence-corrected chi connectivity index (χ2v) is 7.77. The molecule has 2 rings (SSSR count). The van der Waals surface area contributed by atoms with Gasteiger partial charge in [-0.25, -0.2) is 0 Å². The Balaban J connectivity index is 1.85. The summed E-state index contributed by atoms with van der Waals surface area (Å²) >= 11 is 1.51. The number of nitrogens with zero attached hydrogens (tertiary/aromatic N) is 1. The molecule has 1 aromatic rings. The highest BCUT2D eigenvalue weighted by molar-refractivity contribution is 8.00. The number of rotatable bonds is 8. The zero-order valence-corrected chi connectivity index (χ0v) is 17.3. The molecule has 0 aromatic heterocycles. The van der Waals surface area contributed by atoms with E-state index in [2.05, 4.69) is 5.32 Å². The minimum Gasteiger partial charge on any atom is -0.497 e. The van der Waals surface area contributed by atoms with E-state index < -0.39 is 0 Å². The van der Waals surface area contributed by atoms with Crippen LogP contribution in [0.4, 0.5) is 5.69 Å². The van der Waals surface area contributed by atoms with Gasteiger partial charge in [0.15, 0.2) is 13.1 Å². The van der Waals surface area contributed by atoms with Gasteiger partial charge in [0.25, 0.3) is 11.8 Å². The maximum Gasteiger partial charge on any atom is 0.320 e. The van der Waals surface area contributed by atoms with Crippen molar-refractivity contribution < 1.29 is 28.8 Å². The van der Waals surface area contributed by atoms with Crippen LogP contribution in [0.15, 0.2) is 24.3 Å². The Morgan fingerprint density at radius 1 is 1.21 bits per heavy atom. The Morgan fingerprint density at radius 3 is 2.54 bits per heavy atom. The van der Waals surface area contributed by atoms with E-state index in [0.29, 0.717) is 36.8 Å². The fraction of sp³-hybridized carbons (Fsp3) is 0.526. The zero-order chi connectivity index (χ0) is 20.5. The molecule has 1 aliphatic rings. The van der Waals surface area contributed by atoms with Crippen molar-refractivity contribution in [2.45, 2.75) is 12.2 Å². The van der Waals surface area contributed by atoms with Crippen LogP contribution >= 0.6 is 11.8 Å². The van der Waals surface area contributed by atoms with Gasteiger partial charge in [0.05, 0.1) is 20.8 Å². The van der Waals surface area contributed by atoms with Gasteiger partial charge in [-0.1, -0.05) is 0 Å². The Bertz CT molecular complexity index is 683. The third-order valence-electron chi connectivity index (χ3n) is 4.57. The molecule has 1 aliphatic heterocycles. The summed E-state index contributed by atoms with van der Waals surface area (Å²) < 4.78 is 9.88. The van der Waals surface area contributed by atoms with E-state index >= 15 is 0 Å². The third kappa shape index (κ3) is 6.42. The molecule has 2 amide bonds. The van der Waals surface area contributed by atoms with E-state index in [0.717, 1.165) is 4.90 Å². The topological polar surface area (TPSA) is 89.4 Å². The van der Waals surface area contributed by atoms with Gasteiger partial charge in [0.1, 0.15) is 11.0 Å². The Kier molecular flexibility index (Phi) is 8.59. The van der Waals surface area contributed by atoms with Crippen molar-refractivity contribution in [1.82, 2.24) is 4.90 Å². The summed E-state index contributed by atoms with van der Waals surface area (Å²) in [6.45, 7) is 3.94. The van der Waals surface area contributed by atoms with E-state index in [1.807, 2.05) is 6.92 Å². The van der Waals surface area contributed by atoms with Crippen molar-refractivity contribution in [3.8, 4) is 5.75 Å². The largest absolute Gasteiger partial charge is 0.497 e. The molecule has 0 saturated carbocycles. The van der Waals surface area contributed by atoms with Gasteiger partial charge in [-0.3, -0.25) is 14.4 Å². The van der Waals surface area contributed by atoms with E-state index in [9.17, 15) is 14.4 Å². The molecule has 0 spiro atoms. The number of ether oxygens (including phenoxy) is 2. The SMILES string of the molecule is CC[NH+](CC(=O)Nc1ccc(OC)cc1)CC(=O)N1CCS[C@@H](C(=O)OC)C1. The van der Waals surface area contributed by atoms with Gasteiger partial charge in [0, 0.05) is 24.5 Å². The summed E-state index contributed by atoms with van der Waals surface area (Å²) in [5.74, 6) is 0.903. The van der Waals surface area contributed by atoms with Gasteiger partial charge in [-0.05, 0) is 31.2 Å². The first-order valence-electron chi connectivity index (χ1n) is 9.21. The highest BCUT2D eigenvalue weighted by Crippen LogP contribution is 2.19. The molecule has 0 aliphatic carbocycles. The van der Waals surface area contributed by atoms with Gasteiger partial charge in [-0.2, -0.15) is 0 Å². The molecule has 28 heavy (non-hydrogen) atoms. The third-order valence-corrected chi connectivity index (χ3v) is 5.73. The summed E-state index contributed by atoms with van der Waals surface area (Å²) in [6.07, 6.45) is 0. The molecule has 1 aromatic carbocycles. The summed E-state index contributed by atoms with van der Waals surface area (Å²) in [5, 5.41) is 2.49. The van der Waals surface area contributed by atoms with Gasteiger partial charge < -0.3 is 24.6 Å². The van der Waals surface area contributed by atoms with Gasteiger partial charge >= 0.3 is 5.97 Å². The lowest BCUT2D eigenvalue weighted by Gasteiger charge is -2.31. The number of methoxy groups -OCH3 is 2. The molecule has 0 radical (unpaired) electrons. The van der Waals surface area contributed by atoms with E-state index in [-0.39, 0.29) is 36.1 Å². The smallest absolute Gasteiger partial charge is 0.320 e. The Morgan fingerprint density at radius 2 is 1.93 bits per heavy atom. The molecule has 2 atom stereocenters. The second kappa shape index (κ2) is 10.9. The first kappa shape index (κ1) is 22.0. The van der Waals surface area contributed by atoms with Gasteiger partial charge in [0.2, 0.25) is 0 Å². The molecule has 9 heteroatoms. The lowest BCUT2D eigenvalue weighted by atomic mass is 10.3. The second-order valence-electron chi connectivity index (χ2n) is 6.46. The summed E-state index contributed by atoms with van der Waals surface area (Å²) in [4.78, 5) is 39.2. The van der Waals surface area contributed by atoms with Crippen molar-refractivity contribution in [2.75, 3.05) is 58.0 Å². The molecule has 1 saturated heterocycles. The molecule has 2 N–H and O–H groups in total. The standard InChI is InChI=1S/C19H27N3O5S/c1-4-21(12-17(23)20-14-5-7-15(26-2)8-6-14)13-18(24)22-9-10-28-16(11-22)19(25)27-3/h5-8,16H,4,9-13H2,1-3H3,(H,20,23)/p+1/t16-/m1/s1. The number of hydrogen-bond donors (Lipinski definition) is 2. The lowest BCUT2D eigenvalue weighted by Crippen LogP contribution is -3.14. The first-order valence-corrected chi connectivity index (χ1v) is 10.3.